The molecule has 98 valence electrons. The SMILES string of the molecule is Cl.Cl.c1cn(CC2CC2)c(C2CCCNC2)n1. The van der Waals surface area contributed by atoms with Gasteiger partial charge in [0.1, 0.15) is 5.82 Å². The molecule has 0 bridgehead atoms. The number of hydrogen-bond donors (Lipinski definition) is 1. The van der Waals surface area contributed by atoms with Gasteiger partial charge in [0, 0.05) is 31.4 Å². The molecule has 2 heterocycles. The fourth-order valence-electron chi connectivity index (χ4n) is 2.49. The molecule has 1 aliphatic carbocycles. The number of imidazole rings is 1. The van der Waals surface area contributed by atoms with Gasteiger partial charge in [-0.3, -0.25) is 0 Å². The Morgan fingerprint density at radius 2 is 2.12 bits per heavy atom. The number of rotatable bonds is 3. The summed E-state index contributed by atoms with van der Waals surface area (Å²) >= 11 is 0. The van der Waals surface area contributed by atoms with Crippen molar-refractivity contribution in [3.05, 3.63) is 18.2 Å². The fraction of sp³-hybridized carbons (Fsp3) is 0.750. The lowest BCUT2D eigenvalue weighted by Crippen LogP contribution is -2.30. The maximum atomic E-state index is 4.54. The van der Waals surface area contributed by atoms with E-state index in [1.54, 1.807) is 0 Å². The highest BCUT2D eigenvalue weighted by Crippen LogP contribution is 2.32. The fourth-order valence-corrected chi connectivity index (χ4v) is 2.49. The van der Waals surface area contributed by atoms with Crippen molar-refractivity contribution in [2.24, 2.45) is 5.92 Å². The number of nitrogens with zero attached hydrogens (tertiary/aromatic N) is 2. The van der Waals surface area contributed by atoms with Crippen LogP contribution in [0, 0.1) is 5.92 Å². The van der Waals surface area contributed by atoms with Gasteiger partial charge in [0.05, 0.1) is 0 Å². The van der Waals surface area contributed by atoms with Gasteiger partial charge < -0.3 is 9.88 Å². The quantitative estimate of drug-likeness (QED) is 0.921. The van der Waals surface area contributed by atoms with Gasteiger partial charge in [-0.1, -0.05) is 0 Å². The van der Waals surface area contributed by atoms with Crippen LogP contribution in [0.15, 0.2) is 12.4 Å². The third-order valence-electron chi connectivity index (χ3n) is 3.56. The molecule has 2 fully saturated rings. The van der Waals surface area contributed by atoms with E-state index in [0.29, 0.717) is 5.92 Å². The topological polar surface area (TPSA) is 29.9 Å². The van der Waals surface area contributed by atoms with Crippen molar-refractivity contribution in [2.75, 3.05) is 13.1 Å². The van der Waals surface area contributed by atoms with Crippen LogP contribution < -0.4 is 5.32 Å². The van der Waals surface area contributed by atoms with Crippen LogP contribution >= 0.6 is 24.8 Å². The van der Waals surface area contributed by atoms with E-state index >= 15 is 0 Å². The zero-order valence-corrected chi connectivity index (χ0v) is 11.6. The molecule has 3 rings (SSSR count). The summed E-state index contributed by atoms with van der Waals surface area (Å²) in [4.78, 5) is 4.54. The van der Waals surface area contributed by atoms with Crippen molar-refractivity contribution in [2.45, 2.75) is 38.1 Å². The van der Waals surface area contributed by atoms with Gasteiger partial charge in [0.2, 0.25) is 0 Å². The molecule has 1 unspecified atom stereocenters. The molecule has 0 amide bonds. The molecule has 17 heavy (non-hydrogen) atoms. The lowest BCUT2D eigenvalue weighted by Gasteiger charge is -2.23. The molecule has 1 atom stereocenters. The van der Waals surface area contributed by atoms with Crippen LogP contribution in [-0.2, 0) is 6.54 Å². The predicted octanol–water partition coefficient (Wildman–Crippen LogP) is 2.60. The van der Waals surface area contributed by atoms with Crippen molar-refractivity contribution < 1.29 is 0 Å². The minimum atomic E-state index is 0. The maximum absolute atomic E-state index is 4.54. The zero-order valence-electron chi connectivity index (χ0n) is 9.97. The van der Waals surface area contributed by atoms with Crippen LogP contribution in [0.2, 0.25) is 0 Å². The molecule has 2 aliphatic rings. The molecular weight excluding hydrogens is 257 g/mol. The Morgan fingerprint density at radius 3 is 2.76 bits per heavy atom. The number of aromatic nitrogens is 2. The third-order valence-corrected chi connectivity index (χ3v) is 3.56. The third kappa shape index (κ3) is 3.60. The van der Waals surface area contributed by atoms with Crippen molar-refractivity contribution in [1.82, 2.24) is 14.9 Å². The van der Waals surface area contributed by atoms with Crippen LogP contribution in [0.25, 0.3) is 0 Å². The maximum Gasteiger partial charge on any atom is 0.113 e. The minimum Gasteiger partial charge on any atom is -0.334 e. The van der Waals surface area contributed by atoms with E-state index in [0.717, 1.165) is 12.5 Å². The summed E-state index contributed by atoms with van der Waals surface area (Å²) in [6, 6.07) is 0. The smallest absolute Gasteiger partial charge is 0.113 e. The molecule has 0 radical (unpaired) electrons. The van der Waals surface area contributed by atoms with E-state index in [4.69, 9.17) is 0 Å². The van der Waals surface area contributed by atoms with Crippen molar-refractivity contribution >= 4 is 24.8 Å². The molecule has 1 saturated heterocycles. The predicted molar refractivity (Wildman–Crippen MR) is 74.3 cm³/mol. The number of nitrogens with one attached hydrogen (secondary N) is 1. The second-order valence-electron chi connectivity index (χ2n) is 4.92. The Labute approximate surface area is 115 Å². The van der Waals surface area contributed by atoms with E-state index in [-0.39, 0.29) is 24.8 Å². The van der Waals surface area contributed by atoms with Crippen molar-refractivity contribution in [3.63, 3.8) is 0 Å². The largest absolute Gasteiger partial charge is 0.334 e. The normalized spacial score (nSPS) is 23.6. The number of piperidine rings is 1. The van der Waals surface area contributed by atoms with Crippen LogP contribution in [-0.4, -0.2) is 22.6 Å². The summed E-state index contributed by atoms with van der Waals surface area (Å²) in [5.41, 5.74) is 0. The van der Waals surface area contributed by atoms with Crippen LogP contribution in [0.3, 0.4) is 0 Å². The van der Waals surface area contributed by atoms with Crippen LogP contribution in [0.1, 0.15) is 37.4 Å². The molecule has 1 N–H and O–H groups in total. The highest BCUT2D eigenvalue weighted by Gasteiger charge is 2.25. The van der Waals surface area contributed by atoms with E-state index in [9.17, 15) is 0 Å². The molecule has 1 aliphatic heterocycles. The molecule has 0 aromatic carbocycles. The standard InChI is InChI=1S/C12H19N3.2ClH/c1-2-11(8-13-5-1)12-14-6-7-15(12)9-10-3-4-10;;/h6-7,10-11,13H,1-5,8-9H2;2*1H. The second-order valence-corrected chi connectivity index (χ2v) is 4.92. The average molecular weight is 278 g/mol. The Hall–Kier alpha value is -0.250. The lowest BCUT2D eigenvalue weighted by atomic mass is 9.99. The molecule has 1 saturated carbocycles. The Morgan fingerprint density at radius 1 is 1.29 bits per heavy atom. The van der Waals surface area contributed by atoms with E-state index in [1.807, 2.05) is 6.20 Å². The molecule has 5 heteroatoms. The van der Waals surface area contributed by atoms with Gasteiger partial charge >= 0.3 is 0 Å². The van der Waals surface area contributed by atoms with Crippen LogP contribution in [0.5, 0.6) is 0 Å². The van der Waals surface area contributed by atoms with Gasteiger partial charge in [-0.2, -0.15) is 0 Å². The molecule has 0 spiro atoms. The van der Waals surface area contributed by atoms with Gasteiger partial charge in [0.15, 0.2) is 0 Å². The summed E-state index contributed by atoms with van der Waals surface area (Å²) in [7, 11) is 0. The molecule has 3 nitrogen and oxygen atoms in total. The lowest BCUT2D eigenvalue weighted by molar-refractivity contribution is 0.428. The first kappa shape index (κ1) is 14.8. The van der Waals surface area contributed by atoms with E-state index in [2.05, 4.69) is 21.1 Å². The first-order valence-electron chi connectivity index (χ1n) is 6.15. The number of hydrogen-bond acceptors (Lipinski definition) is 2. The van der Waals surface area contributed by atoms with Crippen molar-refractivity contribution in [3.8, 4) is 0 Å². The summed E-state index contributed by atoms with van der Waals surface area (Å²) in [6.45, 7) is 3.49. The molecular formula is C12H21Cl2N3. The summed E-state index contributed by atoms with van der Waals surface area (Å²) < 4.78 is 2.38. The highest BCUT2D eigenvalue weighted by molar-refractivity contribution is 5.85. The van der Waals surface area contributed by atoms with E-state index in [1.165, 1.54) is 44.6 Å². The Kier molecular flexibility index (Phi) is 5.77. The summed E-state index contributed by atoms with van der Waals surface area (Å²) in [5, 5.41) is 3.47. The monoisotopic (exact) mass is 277 g/mol. The zero-order chi connectivity index (χ0) is 10.1. The number of halogens is 2. The van der Waals surface area contributed by atoms with Gasteiger partial charge in [-0.25, -0.2) is 4.98 Å². The minimum absolute atomic E-state index is 0. The second kappa shape index (κ2) is 6.62. The Balaban J connectivity index is 0.000000722. The van der Waals surface area contributed by atoms with E-state index < -0.39 is 0 Å². The first-order valence-corrected chi connectivity index (χ1v) is 6.15. The summed E-state index contributed by atoms with van der Waals surface area (Å²) in [5.74, 6) is 2.90. The highest BCUT2D eigenvalue weighted by atomic mass is 35.5. The Bertz CT molecular complexity index is 330. The molecule has 1 aromatic rings. The van der Waals surface area contributed by atoms with Gasteiger partial charge in [0.25, 0.3) is 0 Å². The van der Waals surface area contributed by atoms with Crippen LogP contribution in [0.4, 0.5) is 0 Å². The van der Waals surface area contributed by atoms with Crippen molar-refractivity contribution in [1.29, 1.82) is 0 Å². The summed E-state index contributed by atoms with van der Waals surface area (Å²) in [6.07, 6.45) is 9.55. The van der Waals surface area contributed by atoms with Gasteiger partial charge in [-0.15, -0.1) is 24.8 Å². The molecule has 1 aromatic heterocycles. The average Bonchev–Trinajstić information content (AvgIpc) is 2.96. The van der Waals surface area contributed by atoms with Gasteiger partial charge in [-0.05, 0) is 38.1 Å². The first-order chi connectivity index (χ1) is 7.43.